The zero-order valence-electron chi connectivity index (χ0n) is 9.30. The largest absolute Gasteiger partial charge is 0.496 e. The molecule has 0 aromatic heterocycles. The monoisotopic (exact) mass is 321 g/mol. The Bertz CT molecular complexity index is 485. The third kappa shape index (κ3) is 2.70. The van der Waals surface area contributed by atoms with Crippen LogP contribution in [-0.4, -0.2) is 6.61 Å². The number of halogens is 4. The fraction of sp³-hybridized carbons (Fsp3) is 0.333. The normalized spacial score (nSPS) is 17.3. The van der Waals surface area contributed by atoms with E-state index in [0.29, 0.717) is 23.3 Å². The van der Waals surface area contributed by atoms with Crippen LogP contribution in [0.4, 0.5) is 13.2 Å². The summed E-state index contributed by atoms with van der Waals surface area (Å²) in [5.41, 5.74) is 5.13. The second-order valence-electron chi connectivity index (χ2n) is 3.95. The summed E-state index contributed by atoms with van der Waals surface area (Å²) in [5, 5.41) is 0. The van der Waals surface area contributed by atoms with E-state index in [1.165, 1.54) is 6.07 Å². The maximum atomic E-state index is 12.9. The van der Waals surface area contributed by atoms with Crippen LogP contribution in [0, 0.1) is 0 Å². The van der Waals surface area contributed by atoms with Crippen molar-refractivity contribution in [2.45, 2.75) is 18.6 Å². The van der Waals surface area contributed by atoms with Crippen molar-refractivity contribution in [2.75, 3.05) is 6.61 Å². The zero-order valence-corrected chi connectivity index (χ0v) is 10.9. The molecule has 2 nitrogen and oxygen atoms in total. The SMILES string of the molecule is NC(C1=CCCO1)c1ccc(Br)cc1C(F)(F)F. The van der Waals surface area contributed by atoms with Crippen LogP contribution in [0.15, 0.2) is 34.5 Å². The molecule has 6 heteroatoms. The average molecular weight is 322 g/mol. The highest BCUT2D eigenvalue weighted by Crippen LogP contribution is 2.38. The molecule has 0 bridgehead atoms. The number of hydrogen-bond donors (Lipinski definition) is 1. The molecule has 1 heterocycles. The minimum absolute atomic E-state index is 0.0267. The predicted molar refractivity (Wildman–Crippen MR) is 64.7 cm³/mol. The van der Waals surface area contributed by atoms with Gasteiger partial charge >= 0.3 is 6.18 Å². The second kappa shape index (κ2) is 4.93. The van der Waals surface area contributed by atoms with Gasteiger partial charge < -0.3 is 10.5 Å². The molecule has 1 aromatic rings. The van der Waals surface area contributed by atoms with Crippen LogP contribution >= 0.6 is 15.9 Å². The quantitative estimate of drug-likeness (QED) is 0.899. The van der Waals surface area contributed by atoms with Crippen molar-refractivity contribution in [2.24, 2.45) is 5.73 Å². The number of rotatable bonds is 2. The third-order valence-electron chi connectivity index (χ3n) is 2.69. The van der Waals surface area contributed by atoms with Gasteiger partial charge in [-0.3, -0.25) is 0 Å². The van der Waals surface area contributed by atoms with Crippen molar-refractivity contribution in [3.05, 3.63) is 45.6 Å². The van der Waals surface area contributed by atoms with Gasteiger partial charge in [0.2, 0.25) is 0 Å². The number of hydrogen-bond acceptors (Lipinski definition) is 2. The van der Waals surface area contributed by atoms with E-state index >= 15 is 0 Å². The third-order valence-corrected chi connectivity index (χ3v) is 3.19. The van der Waals surface area contributed by atoms with Crippen molar-refractivity contribution in [1.29, 1.82) is 0 Å². The molecule has 0 aliphatic carbocycles. The van der Waals surface area contributed by atoms with E-state index in [4.69, 9.17) is 10.5 Å². The van der Waals surface area contributed by atoms with Gasteiger partial charge in [-0.25, -0.2) is 0 Å². The standard InChI is InChI=1S/C12H11BrF3NO/c13-7-3-4-8(9(6-7)12(14,15)16)11(17)10-2-1-5-18-10/h2-4,6,11H,1,5,17H2. The van der Waals surface area contributed by atoms with Gasteiger partial charge in [-0.2, -0.15) is 13.2 Å². The summed E-state index contributed by atoms with van der Waals surface area (Å²) in [4.78, 5) is 0. The van der Waals surface area contributed by atoms with Crippen LogP contribution in [0.3, 0.4) is 0 Å². The summed E-state index contributed by atoms with van der Waals surface area (Å²) in [6.45, 7) is 0.473. The topological polar surface area (TPSA) is 35.2 Å². The maximum Gasteiger partial charge on any atom is 0.416 e. The minimum Gasteiger partial charge on any atom is -0.496 e. The molecule has 2 N–H and O–H groups in total. The Balaban J connectivity index is 2.43. The first-order valence-corrected chi connectivity index (χ1v) is 6.14. The van der Waals surface area contributed by atoms with E-state index in [0.717, 1.165) is 6.07 Å². The van der Waals surface area contributed by atoms with Gasteiger partial charge in [-0.05, 0) is 23.8 Å². The summed E-state index contributed by atoms with van der Waals surface area (Å²) < 4.78 is 44.4. The molecule has 0 saturated carbocycles. The van der Waals surface area contributed by atoms with E-state index in [9.17, 15) is 13.2 Å². The molecule has 1 unspecified atom stereocenters. The number of benzene rings is 1. The molecule has 1 atom stereocenters. The Kier molecular flexibility index (Phi) is 3.68. The molecule has 0 spiro atoms. The predicted octanol–water partition coefficient (Wildman–Crippen LogP) is 3.77. The molecule has 0 saturated heterocycles. The lowest BCUT2D eigenvalue weighted by molar-refractivity contribution is -0.138. The Morgan fingerprint density at radius 2 is 2.06 bits per heavy atom. The van der Waals surface area contributed by atoms with Crippen LogP contribution < -0.4 is 5.73 Å². The lowest BCUT2D eigenvalue weighted by Gasteiger charge is -2.19. The van der Waals surface area contributed by atoms with E-state index < -0.39 is 17.8 Å². The Hall–Kier alpha value is -1.01. The number of alkyl halides is 3. The molecule has 0 fully saturated rings. The van der Waals surface area contributed by atoms with E-state index in [1.807, 2.05) is 0 Å². The minimum atomic E-state index is -4.43. The second-order valence-corrected chi connectivity index (χ2v) is 4.87. The lowest BCUT2D eigenvalue weighted by atomic mass is 9.99. The maximum absolute atomic E-state index is 12.9. The molecule has 0 radical (unpaired) electrons. The molecule has 18 heavy (non-hydrogen) atoms. The van der Waals surface area contributed by atoms with Crippen LogP contribution in [0.2, 0.25) is 0 Å². The molecule has 0 amide bonds. The van der Waals surface area contributed by atoms with Crippen molar-refractivity contribution in [1.82, 2.24) is 0 Å². The fourth-order valence-corrected chi connectivity index (χ4v) is 2.21. The number of nitrogens with two attached hydrogens (primary N) is 1. The molecule has 1 aliphatic rings. The highest BCUT2D eigenvalue weighted by atomic mass is 79.9. The summed E-state index contributed by atoms with van der Waals surface area (Å²) in [6.07, 6.45) is -2.02. The van der Waals surface area contributed by atoms with Gasteiger partial charge in [0.15, 0.2) is 0 Å². The van der Waals surface area contributed by atoms with E-state index in [1.54, 1.807) is 12.1 Å². The lowest BCUT2D eigenvalue weighted by Crippen LogP contribution is -2.19. The van der Waals surface area contributed by atoms with E-state index in [-0.39, 0.29) is 5.56 Å². The first-order chi connectivity index (χ1) is 8.39. The Morgan fingerprint density at radius 3 is 2.61 bits per heavy atom. The molecule has 2 rings (SSSR count). The van der Waals surface area contributed by atoms with E-state index in [2.05, 4.69) is 15.9 Å². The highest BCUT2D eigenvalue weighted by Gasteiger charge is 2.36. The van der Waals surface area contributed by atoms with Crippen LogP contribution in [0.25, 0.3) is 0 Å². The summed E-state index contributed by atoms with van der Waals surface area (Å²) in [7, 11) is 0. The summed E-state index contributed by atoms with van der Waals surface area (Å²) >= 11 is 3.03. The van der Waals surface area contributed by atoms with Gasteiger partial charge in [0, 0.05) is 10.9 Å². The van der Waals surface area contributed by atoms with Crippen LogP contribution in [0.1, 0.15) is 23.6 Å². The smallest absolute Gasteiger partial charge is 0.416 e. The van der Waals surface area contributed by atoms with Crippen LogP contribution in [0.5, 0.6) is 0 Å². The van der Waals surface area contributed by atoms with Gasteiger partial charge in [0.05, 0.1) is 18.2 Å². The van der Waals surface area contributed by atoms with Gasteiger partial charge in [0.1, 0.15) is 5.76 Å². The molecule has 98 valence electrons. The first-order valence-electron chi connectivity index (χ1n) is 5.34. The molecule has 1 aliphatic heterocycles. The average Bonchev–Trinajstić information content (AvgIpc) is 2.80. The summed E-state index contributed by atoms with van der Waals surface area (Å²) in [6, 6.07) is 3.07. The zero-order chi connectivity index (χ0) is 13.3. The number of ether oxygens (including phenoxy) is 1. The van der Waals surface area contributed by atoms with Crippen molar-refractivity contribution in [3.63, 3.8) is 0 Å². The Labute approximate surface area is 111 Å². The van der Waals surface area contributed by atoms with Crippen LogP contribution in [-0.2, 0) is 10.9 Å². The van der Waals surface area contributed by atoms with Crippen molar-refractivity contribution < 1.29 is 17.9 Å². The highest BCUT2D eigenvalue weighted by molar-refractivity contribution is 9.10. The fourth-order valence-electron chi connectivity index (χ4n) is 1.85. The first kappa shape index (κ1) is 13.4. The summed E-state index contributed by atoms with van der Waals surface area (Å²) in [5.74, 6) is 0.405. The van der Waals surface area contributed by atoms with Gasteiger partial charge in [-0.15, -0.1) is 0 Å². The Morgan fingerprint density at radius 1 is 1.33 bits per heavy atom. The van der Waals surface area contributed by atoms with Gasteiger partial charge in [0.25, 0.3) is 0 Å². The molecule has 1 aromatic carbocycles. The van der Waals surface area contributed by atoms with Gasteiger partial charge in [-0.1, -0.05) is 22.0 Å². The van der Waals surface area contributed by atoms with Crippen molar-refractivity contribution >= 4 is 15.9 Å². The van der Waals surface area contributed by atoms with Crippen molar-refractivity contribution in [3.8, 4) is 0 Å². The molecular weight excluding hydrogens is 311 g/mol. The molecular formula is C12H11BrF3NO.